The van der Waals surface area contributed by atoms with E-state index in [2.05, 4.69) is 55.0 Å². The quantitative estimate of drug-likeness (QED) is 0.397. The summed E-state index contributed by atoms with van der Waals surface area (Å²) < 4.78 is 0. The second-order valence-electron chi connectivity index (χ2n) is 14.7. The first kappa shape index (κ1) is 23.4. The highest BCUT2D eigenvalue weighted by molar-refractivity contribution is 5.22. The van der Waals surface area contributed by atoms with E-state index in [1.807, 2.05) is 0 Å². The van der Waals surface area contributed by atoms with Crippen LogP contribution in [0, 0.1) is 56.7 Å². The Kier molecular flexibility index (Phi) is 5.02. The molecule has 2 N–H and O–H groups in total. The molecule has 182 valence electrons. The summed E-state index contributed by atoms with van der Waals surface area (Å²) in [5, 5.41) is 22.6. The fourth-order valence-corrected chi connectivity index (χ4v) is 11.4. The van der Waals surface area contributed by atoms with Crippen molar-refractivity contribution in [1.82, 2.24) is 0 Å². The highest BCUT2D eigenvalue weighted by Crippen LogP contribution is 2.76. The van der Waals surface area contributed by atoms with Crippen molar-refractivity contribution in [2.45, 2.75) is 118 Å². The molecule has 0 amide bonds. The Morgan fingerprint density at radius 3 is 2.12 bits per heavy atom. The van der Waals surface area contributed by atoms with Crippen LogP contribution in [0.15, 0.2) is 12.2 Å². The van der Waals surface area contributed by atoms with Gasteiger partial charge in [0.2, 0.25) is 0 Å². The first-order valence-corrected chi connectivity index (χ1v) is 13.8. The van der Waals surface area contributed by atoms with E-state index >= 15 is 0 Å². The molecule has 0 radical (unpaired) electrons. The van der Waals surface area contributed by atoms with Crippen LogP contribution < -0.4 is 0 Å². The van der Waals surface area contributed by atoms with Gasteiger partial charge in [-0.1, -0.05) is 60.6 Å². The largest absolute Gasteiger partial charge is 0.393 e. The lowest BCUT2D eigenvalue weighted by Crippen LogP contribution is -2.69. The third-order valence-corrected chi connectivity index (χ3v) is 13.7. The van der Waals surface area contributed by atoms with Gasteiger partial charge < -0.3 is 10.2 Å². The molecule has 0 aliphatic heterocycles. The minimum Gasteiger partial charge on any atom is -0.393 e. The van der Waals surface area contributed by atoms with Crippen LogP contribution in [0.2, 0.25) is 0 Å². The summed E-state index contributed by atoms with van der Waals surface area (Å²) in [5.74, 6) is 3.06. The van der Waals surface area contributed by atoms with Crippen molar-refractivity contribution in [2.75, 3.05) is 0 Å². The van der Waals surface area contributed by atoms with E-state index < -0.39 is 0 Å². The van der Waals surface area contributed by atoms with Gasteiger partial charge in [0.1, 0.15) is 0 Å². The van der Waals surface area contributed by atoms with E-state index in [1.54, 1.807) is 0 Å². The van der Waals surface area contributed by atoms with Crippen LogP contribution in [0.1, 0.15) is 106 Å². The van der Waals surface area contributed by atoms with Gasteiger partial charge in [0.25, 0.3) is 0 Å². The molecule has 0 heterocycles. The summed E-state index contributed by atoms with van der Waals surface area (Å²) in [6.45, 7) is 21.8. The molecule has 5 aliphatic rings. The Balaban J connectivity index is 1.57. The molecule has 0 aromatic rings. The number of hydrogen-bond acceptors (Lipinski definition) is 2. The second kappa shape index (κ2) is 6.87. The summed E-state index contributed by atoms with van der Waals surface area (Å²) in [6.07, 6.45) is 10.1. The van der Waals surface area contributed by atoms with Gasteiger partial charge in [0.15, 0.2) is 0 Å². The van der Waals surface area contributed by atoms with Gasteiger partial charge in [-0.05, 0) is 114 Å². The maximum absolute atomic E-state index is 11.7. The fraction of sp³-hybridized carbons (Fsp3) is 0.933. The predicted octanol–water partition coefficient (Wildman–Crippen LogP) is 7.00. The fourth-order valence-electron chi connectivity index (χ4n) is 11.4. The summed E-state index contributed by atoms with van der Waals surface area (Å²) in [7, 11) is 0. The first-order chi connectivity index (χ1) is 14.7. The normalized spacial score (nSPS) is 59.4. The first-order valence-electron chi connectivity index (χ1n) is 13.8. The summed E-state index contributed by atoms with van der Waals surface area (Å²) in [6, 6.07) is 0. The molecule has 5 fully saturated rings. The van der Waals surface area contributed by atoms with Crippen LogP contribution in [0.25, 0.3) is 0 Å². The molecule has 5 aliphatic carbocycles. The molecule has 0 saturated heterocycles. The van der Waals surface area contributed by atoms with E-state index in [1.165, 1.54) is 37.7 Å². The second-order valence-corrected chi connectivity index (χ2v) is 14.7. The number of aliphatic hydroxyl groups is 2. The number of fused-ring (bicyclic) bond motifs is 7. The lowest BCUT2D eigenvalue weighted by Gasteiger charge is -2.74. The minimum absolute atomic E-state index is 0.00631. The van der Waals surface area contributed by atoms with Crippen molar-refractivity contribution >= 4 is 0 Å². The van der Waals surface area contributed by atoms with Gasteiger partial charge in [-0.3, -0.25) is 0 Å². The van der Waals surface area contributed by atoms with Crippen molar-refractivity contribution in [3.05, 3.63) is 12.2 Å². The molecular formula is C30H50O2. The van der Waals surface area contributed by atoms with E-state index in [0.29, 0.717) is 35.0 Å². The Morgan fingerprint density at radius 1 is 0.750 bits per heavy atom. The number of allylic oxidation sites excluding steroid dienone is 1. The van der Waals surface area contributed by atoms with Crippen molar-refractivity contribution in [2.24, 2.45) is 56.7 Å². The van der Waals surface area contributed by atoms with E-state index in [4.69, 9.17) is 0 Å². The monoisotopic (exact) mass is 442 g/mol. The topological polar surface area (TPSA) is 40.5 Å². The SMILES string of the molecule is C=C1CC[C@@]2(C)[C@H]([C@@H]1C)[C@H]1CC[C@@H]3[C@@]4(C)CC[C@H](O)C(C)(C)[C@H]4CC[C@@]3(C)[C@]1(C)C[C@@H]2O. The molecule has 0 spiro atoms. The third kappa shape index (κ3) is 2.61. The maximum Gasteiger partial charge on any atom is 0.0602 e. The van der Waals surface area contributed by atoms with E-state index in [9.17, 15) is 10.2 Å². The van der Waals surface area contributed by atoms with Crippen LogP contribution >= 0.6 is 0 Å². The Hall–Kier alpha value is -0.340. The van der Waals surface area contributed by atoms with Crippen molar-refractivity contribution in [3.63, 3.8) is 0 Å². The van der Waals surface area contributed by atoms with Gasteiger partial charge in [-0.2, -0.15) is 0 Å². The molecule has 2 heteroatoms. The maximum atomic E-state index is 11.7. The number of hydrogen-bond donors (Lipinski definition) is 2. The Bertz CT molecular complexity index is 801. The Morgan fingerprint density at radius 2 is 1.44 bits per heavy atom. The highest BCUT2D eigenvalue weighted by Gasteiger charge is 2.71. The molecular weight excluding hydrogens is 392 g/mol. The van der Waals surface area contributed by atoms with Crippen LogP contribution in [0.4, 0.5) is 0 Å². The van der Waals surface area contributed by atoms with Gasteiger partial charge in [-0.25, -0.2) is 0 Å². The predicted molar refractivity (Wildman–Crippen MR) is 132 cm³/mol. The standard InChI is InChI=1S/C30H50O2/c1-18-11-14-28(6)24(32)17-30(8)20(25(28)19(18)2)9-10-22-27(5)15-13-23(31)26(3,4)21(27)12-16-29(22,30)7/h19-25,31-32H,1,9-17H2,2-8H3/t19-,20-,21-,22-,23+,24+,25-,27+,28-,29-,30-/m1/s1. The molecule has 32 heavy (non-hydrogen) atoms. The smallest absolute Gasteiger partial charge is 0.0602 e. The van der Waals surface area contributed by atoms with Gasteiger partial charge >= 0.3 is 0 Å². The van der Waals surface area contributed by atoms with Gasteiger partial charge in [0.05, 0.1) is 12.2 Å². The summed E-state index contributed by atoms with van der Waals surface area (Å²) >= 11 is 0. The minimum atomic E-state index is -0.199. The average molecular weight is 443 g/mol. The van der Waals surface area contributed by atoms with E-state index in [0.717, 1.165) is 25.7 Å². The lowest BCUT2D eigenvalue weighted by atomic mass is 9.31. The molecule has 0 aromatic heterocycles. The van der Waals surface area contributed by atoms with Crippen molar-refractivity contribution < 1.29 is 10.2 Å². The van der Waals surface area contributed by atoms with Crippen LogP contribution in [-0.2, 0) is 0 Å². The number of aliphatic hydroxyl groups excluding tert-OH is 2. The molecule has 0 aromatic carbocycles. The van der Waals surface area contributed by atoms with Crippen LogP contribution in [0.3, 0.4) is 0 Å². The Labute approximate surface area is 197 Å². The molecule has 5 saturated carbocycles. The van der Waals surface area contributed by atoms with Crippen LogP contribution in [0.5, 0.6) is 0 Å². The van der Waals surface area contributed by atoms with Crippen molar-refractivity contribution in [1.29, 1.82) is 0 Å². The zero-order chi connectivity index (χ0) is 23.5. The average Bonchev–Trinajstić information content (AvgIpc) is 2.70. The van der Waals surface area contributed by atoms with E-state index in [-0.39, 0.29) is 33.9 Å². The number of rotatable bonds is 0. The summed E-state index contributed by atoms with van der Waals surface area (Å²) in [5.41, 5.74) is 2.23. The van der Waals surface area contributed by atoms with Crippen molar-refractivity contribution in [3.8, 4) is 0 Å². The zero-order valence-corrected chi connectivity index (χ0v) is 22.0. The zero-order valence-electron chi connectivity index (χ0n) is 22.0. The molecule has 11 atom stereocenters. The lowest BCUT2D eigenvalue weighted by molar-refractivity contribution is -0.269. The van der Waals surface area contributed by atoms with Gasteiger partial charge in [-0.15, -0.1) is 0 Å². The third-order valence-electron chi connectivity index (χ3n) is 13.7. The molecule has 0 bridgehead atoms. The molecule has 5 rings (SSSR count). The highest BCUT2D eigenvalue weighted by atomic mass is 16.3. The summed E-state index contributed by atoms with van der Waals surface area (Å²) in [4.78, 5) is 0. The van der Waals surface area contributed by atoms with Crippen LogP contribution in [-0.4, -0.2) is 22.4 Å². The molecule has 0 unspecified atom stereocenters. The van der Waals surface area contributed by atoms with Gasteiger partial charge in [0, 0.05) is 0 Å². The molecule has 2 nitrogen and oxygen atoms in total.